The van der Waals surface area contributed by atoms with Crippen LogP contribution in [0.4, 0.5) is 0 Å². The van der Waals surface area contributed by atoms with Crippen LogP contribution in [-0.2, 0) is 11.2 Å². The third kappa shape index (κ3) is 3.32. The molecule has 0 spiro atoms. The smallest absolute Gasteiger partial charge is 0.260 e. The summed E-state index contributed by atoms with van der Waals surface area (Å²) in [5, 5.41) is 3.05. The number of carbonyl (C=O) groups is 2. The summed E-state index contributed by atoms with van der Waals surface area (Å²) in [7, 11) is 0. The second-order valence-corrected chi connectivity index (χ2v) is 6.35. The lowest BCUT2D eigenvalue weighted by Gasteiger charge is -2.20. The fourth-order valence-electron chi connectivity index (χ4n) is 3.34. The van der Waals surface area contributed by atoms with E-state index in [1.54, 1.807) is 13.0 Å². The molecule has 1 N–H and O–H groups in total. The summed E-state index contributed by atoms with van der Waals surface area (Å²) in [5.41, 5.74) is 1.85. The van der Waals surface area contributed by atoms with E-state index in [-0.39, 0.29) is 11.7 Å². The molecule has 4 heteroatoms. The quantitative estimate of drug-likeness (QED) is 0.930. The molecule has 3 rings (SSSR count). The number of Topliss-reactive ketones (excluding diaryl/α,β-unsaturated/α-hetero) is 1. The second kappa shape index (κ2) is 6.51. The van der Waals surface area contributed by atoms with Gasteiger partial charge in [-0.25, -0.2) is 0 Å². The van der Waals surface area contributed by atoms with Gasteiger partial charge in [0.05, 0.1) is 0 Å². The normalized spacial score (nSPS) is 19.6. The van der Waals surface area contributed by atoms with Gasteiger partial charge in [-0.2, -0.15) is 0 Å². The van der Waals surface area contributed by atoms with Crippen LogP contribution in [0.25, 0.3) is 0 Å². The minimum absolute atomic E-state index is 0.0549. The lowest BCUT2D eigenvalue weighted by molar-refractivity contribution is -0.127. The Morgan fingerprint density at radius 2 is 2.00 bits per heavy atom. The Bertz CT molecular complexity index is 576. The van der Waals surface area contributed by atoms with Crippen LogP contribution in [0.1, 0.15) is 61.4 Å². The Labute approximate surface area is 131 Å². The highest BCUT2D eigenvalue weighted by atomic mass is 16.5. The van der Waals surface area contributed by atoms with Crippen molar-refractivity contribution in [3.63, 3.8) is 0 Å². The summed E-state index contributed by atoms with van der Waals surface area (Å²) < 4.78 is 5.76. The molecule has 0 aliphatic heterocycles. The summed E-state index contributed by atoms with van der Waals surface area (Å²) >= 11 is 0. The van der Waals surface area contributed by atoms with Crippen LogP contribution in [0.5, 0.6) is 5.75 Å². The molecule has 0 aromatic heterocycles. The molecule has 4 nitrogen and oxygen atoms in total. The highest BCUT2D eigenvalue weighted by Crippen LogP contribution is 2.26. The van der Waals surface area contributed by atoms with Crippen molar-refractivity contribution >= 4 is 11.7 Å². The molecule has 1 amide bonds. The number of carbonyl (C=O) groups excluding carboxylic acids is 2. The summed E-state index contributed by atoms with van der Waals surface area (Å²) in [6.07, 6.45) is 6.44. The van der Waals surface area contributed by atoms with Crippen LogP contribution in [0, 0.1) is 0 Å². The molecule has 1 saturated carbocycles. The molecular formula is C18H23NO3. The maximum atomic E-state index is 12.2. The van der Waals surface area contributed by atoms with Gasteiger partial charge in [0, 0.05) is 18.0 Å². The van der Waals surface area contributed by atoms with Gasteiger partial charge in [-0.05, 0) is 56.4 Å². The topological polar surface area (TPSA) is 55.4 Å². The molecule has 22 heavy (non-hydrogen) atoms. The van der Waals surface area contributed by atoms with Gasteiger partial charge in [0.2, 0.25) is 0 Å². The second-order valence-electron chi connectivity index (χ2n) is 6.35. The van der Waals surface area contributed by atoms with Crippen molar-refractivity contribution in [3.8, 4) is 5.75 Å². The zero-order chi connectivity index (χ0) is 15.5. The summed E-state index contributed by atoms with van der Waals surface area (Å²) in [6, 6.07) is 5.83. The molecule has 1 aromatic carbocycles. The molecule has 0 radical (unpaired) electrons. The Kier molecular flexibility index (Phi) is 4.46. The van der Waals surface area contributed by atoms with Crippen LogP contribution < -0.4 is 10.1 Å². The third-order valence-corrected chi connectivity index (χ3v) is 4.61. The molecule has 1 fully saturated rings. The molecule has 0 saturated heterocycles. The van der Waals surface area contributed by atoms with Gasteiger partial charge in [-0.1, -0.05) is 12.8 Å². The van der Waals surface area contributed by atoms with Gasteiger partial charge in [0.1, 0.15) is 5.75 Å². The number of amides is 1. The number of rotatable bonds is 4. The fourth-order valence-corrected chi connectivity index (χ4v) is 3.34. The van der Waals surface area contributed by atoms with Gasteiger partial charge in [0.15, 0.2) is 11.9 Å². The van der Waals surface area contributed by atoms with Crippen molar-refractivity contribution < 1.29 is 14.3 Å². The van der Waals surface area contributed by atoms with Crippen molar-refractivity contribution in [2.45, 2.75) is 64.0 Å². The Balaban J connectivity index is 1.62. The first-order valence-corrected chi connectivity index (χ1v) is 8.26. The van der Waals surface area contributed by atoms with Gasteiger partial charge in [0.25, 0.3) is 5.91 Å². The van der Waals surface area contributed by atoms with E-state index >= 15 is 0 Å². The first-order valence-electron chi connectivity index (χ1n) is 8.26. The predicted molar refractivity (Wildman–Crippen MR) is 84.2 cm³/mol. The molecular weight excluding hydrogens is 278 g/mol. The minimum Gasteiger partial charge on any atom is -0.481 e. The van der Waals surface area contributed by atoms with E-state index in [1.807, 2.05) is 12.1 Å². The van der Waals surface area contributed by atoms with E-state index in [1.165, 1.54) is 12.8 Å². The summed E-state index contributed by atoms with van der Waals surface area (Å²) in [6.45, 7) is 1.77. The third-order valence-electron chi connectivity index (χ3n) is 4.61. The Morgan fingerprint density at radius 3 is 2.77 bits per heavy atom. The van der Waals surface area contributed by atoms with E-state index in [2.05, 4.69) is 5.32 Å². The van der Waals surface area contributed by atoms with E-state index in [0.29, 0.717) is 18.2 Å². The number of ketones is 1. The molecule has 2 aliphatic carbocycles. The molecule has 0 bridgehead atoms. The zero-order valence-electron chi connectivity index (χ0n) is 13.1. The lowest BCUT2D eigenvalue weighted by atomic mass is 9.90. The molecule has 0 heterocycles. The minimum atomic E-state index is -0.516. The van der Waals surface area contributed by atoms with Gasteiger partial charge in [-0.15, -0.1) is 0 Å². The molecule has 1 unspecified atom stereocenters. The van der Waals surface area contributed by atoms with E-state index in [4.69, 9.17) is 4.74 Å². The first kappa shape index (κ1) is 15.1. The highest BCUT2D eigenvalue weighted by molar-refractivity contribution is 5.98. The van der Waals surface area contributed by atoms with Gasteiger partial charge in [-0.3, -0.25) is 9.59 Å². The zero-order valence-corrected chi connectivity index (χ0v) is 13.1. The van der Waals surface area contributed by atoms with Crippen molar-refractivity contribution in [1.82, 2.24) is 5.32 Å². The van der Waals surface area contributed by atoms with Crippen molar-refractivity contribution in [2.75, 3.05) is 0 Å². The molecule has 1 aromatic rings. The number of fused-ring (bicyclic) bond motifs is 1. The average molecular weight is 301 g/mol. The van der Waals surface area contributed by atoms with Crippen molar-refractivity contribution in [2.24, 2.45) is 0 Å². The number of hydrogen-bond acceptors (Lipinski definition) is 3. The number of aryl methyl sites for hydroxylation is 1. The maximum absolute atomic E-state index is 12.2. The van der Waals surface area contributed by atoms with Crippen molar-refractivity contribution in [1.29, 1.82) is 0 Å². The van der Waals surface area contributed by atoms with E-state index in [9.17, 15) is 9.59 Å². The first-order chi connectivity index (χ1) is 10.6. The average Bonchev–Trinajstić information content (AvgIpc) is 3.00. The number of ether oxygens (including phenoxy) is 1. The van der Waals surface area contributed by atoms with Gasteiger partial charge < -0.3 is 10.1 Å². The molecule has 1 atom stereocenters. The largest absolute Gasteiger partial charge is 0.481 e. The fraction of sp³-hybridized carbons (Fsp3) is 0.556. The van der Waals surface area contributed by atoms with Crippen molar-refractivity contribution in [3.05, 3.63) is 29.3 Å². The monoisotopic (exact) mass is 301 g/mol. The predicted octanol–water partition coefficient (Wildman–Crippen LogP) is 3.03. The Hall–Kier alpha value is -1.84. The molecule has 118 valence electrons. The SMILES string of the molecule is CC(Oc1ccc2c(c1)CCCC2=O)C(=O)NC1CCCC1. The lowest BCUT2D eigenvalue weighted by Crippen LogP contribution is -2.41. The summed E-state index contributed by atoms with van der Waals surface area (Å²) in [5.74, 6) is 0.822. The van der Waals surface area contributed by atoms with E-state index in [0.717, 1.165) is 36.8 Å². The van der Waals surface area contributed by atoms with Gasteiger partial charge >= 0.3 is 0 Å². The van der Waals surface area contributed by atoms with Crippen LogP contribution in [0.15, 0.2) is 18.2 Å². The van der Waals surface area contributed by atoms with Crippen LogP contribution in [0.2, 0.25) is 0 Å². The Morgan fingerprint density at radius 1 is 1.23 bits per heavy atom. The van der Waals surface area contributed by atoms with Crippen LogP contribution in [0.3, 0.4) is 0 Å². The van der Waals surface area contributed by atoms with Crippen LogP contribution >= 0.6 is 0 Å². The highest BCUT2D eigenvalue weighted by Gasteiger charge is 2.22. The van der Waals surface area contributed by atoms with E-state index < -0.39 is 6.10 Å². The number of hydrogen-bond donors (Lipinski definition) is 1. The maximum Gasteiger partial charge on any atom is 0.260 e. The summed E-state index contributed by atoms with van der Waals surface area (Å²) in [4.78, 5) is 24.0. The molecule has 2 aliphatic rings. The van der Waals surface area contributed by atoms with Crippen LogP contribution in [-0.4, -0.2) is 23.8 Å². The standard InChI is InChI=1S/C18H23NO3/c1-12(18(21)19-14-6-2-3-7-14)22-15-9-10-16-13(11-15)5-4-8-17(16)20/h9-12,14H,2-8H2,1H3,(H,19,21). The number of benzene rings is 1. The number of nitrogens with one attached hydrogen (secondary N) is 1.